The molecule has 1 aromatic carbocycles. The van der Waals surface area contributed by atoms with E-state index in [0.29, 0.717) is 11.7 Å². The lowest BCUT2D eigenvalue weighted by atomic mass is 9.89. The molecule has 2 rings (SSSR count). The predicted octanol–water partition coefficient (Wildman–Crippen LogP) is 2.60. The Hall–Kier alpha value is -2.50. The number of ketones is 1. The lowest BCUT2D eigenvalue weighted by Crippen LogP contribution is -2.30. The second kappa shape index (κ2) is 7.17. The summed E-state index contributed by atoms with van der Waals surface area (Å²) in [6.07, 6.45) is 0.286. The smallest absolute Gasteiger partial charge is 0.316 e. The average Bonchev–Trinajstić information content (AvgIpc) is 2.98. The van der Waals surface area contributed by atoms with Crippen molar-refractivity contribution in [1.29, 1.82) is 0 Å². The van der Waals surface area contributed by atoms with Crippen molar-refractivity contribution in [1.82, 2.24) is 10.1 Å². The lowest BCUT2D eigenvalue weighted by Gasteiger charge is -2.16. The molecule has 0 amide bonds. The molecule has 23 heavy (non-hydrogen) atoms. The monoisotopic (exact) mass is 316 g/mol. The van der Waals surface area contributed by atoms with Crippen molar-refractivity contribution in [2.45, 2.75) is 27.2 Å². The molecule has 0 saturated heterocycles. The van der Waals surface area contributed by atoms with Crippen LogP contribution in [0.1, 0.15) is 25.3 Å². The number of rotatable bonds is 6. The molecule has 0 bridgehead atoms. The van der Waals surface area contributed by atoms with Crippen LogP contribution in [0.3, 0.4) is 0 Å². The highest BCUT2D eigenvalue weighted by Crippen LogP contribution is 2.21. The molecule has 0 aliphatic carbocycles. The molecular formula is C17H20N2O4. The van der Waals surface area contributed by atoms with E-state index in [4.69, 9.17) is 9.26 Å². The van der Waals surface area contributed by atoms with Crippen molar-refractivity contribution in [2.24, 2.45) is 11.8 Å². The quantitative estimate of drug-likeness (QED) is 0.602. The summed E-state index contributed by atoms with van der Waals surface area (Å²) in [6.45, 7) is 5.27. The molecule has 6 nitrogen and oxygen atoms in total. The van der Waals surface area contributed by atoms with Crippen molar-refractivity contribution >= 4 is 11.8 Å². The first-order valence-electron chi connectivity index (χ1n) is 7.43. The molecule has 0 N–H and O–H groups in total. The van der Waals surface area contributed by atoms with Crippen molar-refractivity contribution < 1.29 is 18.8 Å². The van der Waals surface area contributed by atoms with Gasteiger partial charge < -0.3 is 9.26 Å². The molecule has 0 aliphatic rings. The third-order valence-corrected chi connectivity index (χ3v) is 3.55. The molecule has 1 atom stereocenters. The second-order valence-corrected chi connectivity index (χ2v) is 5.67. The van der Waals surface area contributed by atoms with E-state index in [1.54, 1.807) is 20.8 Å². The average molecular weight is 316 g/mol. The van der Waals surface area contributed by atoms with Crippen LogP contribution in [-0.2, 0) is 20.7 Å². The van der Waals surface area contributed by atoms with Gasteiger partial charge in [-0.2, -0.15) is 4.98 Å². The Kier molecular flexibility index (Phi) is 5.26. The van der Waals surface area contributed by atoms with Crippen LogP contribution < -0.4 is 0 Å². The van der Waals surface area contributed by atoms with E-state index in [2.05, 4.69) is 10.1 Å². The molecule has 0 saturated carbocycles. The number of carbonyl (C=O) groups excluding carboxylic acids is 2. The summed E-state index contributed by atoms with van der Waals surface area (Å²) < 4.78 is 9.75. The Labute approximate surface area is 134 Å². The van der Waals surface area contributed by atoms with Gasteiger partial charge in [0.25, 0.3) is 0 Å². The van der Waals surface area contributed by atoms with Gasteiger partial charge in [-0.25, -0.2) is 0 Å². The van der Waals surface area contributed by atoms with Gasteiger partial charge in [-0.1, -0.05) is 37.2 Å². The first-order valence-corrected chi connectivity index (χ1v) is 7.43. The molecule has 1 heterocycles. The highest BCUT2D eigenvalue weighted by molar-refractivity contribution is 6.00. The largest absolute Gasteiger partial charge is 0.468 e. The first kappa shape index (κ1) is 16.9. The summed E-state index contributed by atoms with van der Waals surface area (Å²) in [5, 5.41) is 3.88. The van der Waals surface area contributed by atoms with Gasteiger partial charge in [0.1, 0.15) is 11.7 Å². The standard InChI is InChI=1S/C17H20N2O4/c1-10(2)15(20)14(17(21)22-4)9-12-6-5-7-13(8-12)16-18-11(3)23-19-16/h5-8,10,14H,9H2,1-4H3. The van der Waals surface area contributed by atoms with Crippen molar-refractivity contribution in [3.05, 3.63) is 35.7 Å². The van der Waals surface area contributed by atoms with Crippen LogP contribution in [0.4, 0.5) is 0 Å². The summed E-state index contributed by atoms with van der Waals surface area (Å²) >= 11 is 0. The zero-order valence-corrected chi connectivity index (χ0v) is 13.7. The predicted molar refractivity (Wildman–Crippen MR) is 83.5 cm³/mol. The maximum atomic E-state index is 12.3. The van der Waals surface area contributed by atoms with Crippen LogP contribution >= 0.6 is 0 Å². The highest BCUT2D eigenvalue weighted by atomic mass is 16.5. The van der Waals surface area contributed by atoms with E-state index in [0.717, 1.165) is 11.1 Å². The molecular weight excluding hydrogens is 296 g/mol. The number of hydrogen-bond acceptors (Lipinski definition) is 6. The second-order valence-electron chi connectivity index (χ2n) is 5.67. The number of aryl methyl sites for hydroxylation is 1. The summed E-state index contributed by atoms with van der Waals surface area (Å²) in [7, 11) is 1.29. The Bertz CT molecular complexity index is 706. The van der Waals surface area contributed by atoms with Gasteiger partial charge in [0.2, 0.25) is 11.7 Å². The normalized spacial score (nSPS) is 12.2. The Balaban J connectivity index is 2.26. The Morgan fingerprint density at radius 2 is 2.04 bits per heavy atom. The number of hydrogen-bond donors (Lipinski definition) is 0. The van der Waals surface area contributed by atoms with E-state index in [1.807, 2.05) is 24.3 Å². The van der Waals surface area contributed by atoms with E-state index in [-0.39, 0.29) is 18.1 Å². The van der Waals surface area contributed by atoms with E-state index in [9.17, 15) is 9.59 Å². The molecule has 122 valence electrons. The molecule has 1 unspecified atom stereocenters. The molecule has 1 aromatic heterocycles. The fourth-order valence-corrected chi connectivity index (χ4v) is 2.33. The highest BCUT2D eigenvalue weighted by Gasteiger charge is 2.29. The molecule has 0 spiro atoms. The van der Waals surface area contributed by atoms with Gasteiger partial charge in [-0.15, -0.1) is 0 Å². The maximum absolute atomic E-state index is 12.3. The van der Waals surface area contributed by atoms with Crippen LogP contribution in [0.25, 0.3) is 11.4 Å². The number of nitrogens with zero attached hydrogens (tertiary/aromatic N) is 2. The number of aromatic nitrogens is 2. The van der Waals surface area contributed by atoms with Crippen LogP contribution in [0, 0.1) is 18.8 Å². The van der Waals surface area contributed by atoms with Crippen molar-refractivity contribution in [3.63, 3.8) is 0 Å². The van der Waals surface area contributed by atoms with Crippen LogP contribution in [-0.4, -0.2) is 29.0 Å². The summed E-state index contributed by atoms with van der Waals surface area (Å²) in [4.78, 5) is 28.4. The molecule has 0 fully saturated rings. The van der Waals surface area contributed by atoms with Crippen molar-refractivity contribution in [2.75, 3.05) is 7.11 Å². The van der Waals surface area contributed by atoms with Crippen LogP contribution in [0.2, 0.25) is 0 Å². The van der Waals surface area contributed by atoms with E-state index >= 15 is 0 Å². The lowest BCUT2D eigenvalue weighted by molar-refractivity contribution is -0.150. The molecule has 0 radical (unpaired) electrons. The fourth-order valence-electron chi connectivity index (χ4n) is 2.33. The maximum Gasteiger partial charge on any atom is 0.316 e. The van der Waals surface area contributed by atoms with Gasteiger partial charge in [0.05, 0.1) is 7.11 Å². The van der Waals surface area contributed by atoms with Crippen LogP contribution in [0.15, 0.2) is 28.8 Å². The Morgan fingerprint density at radius 1 is 1.30 bits per heavy atom. The third-order valence-electron chi connectivity index (χ3n) is 3.55. The summed E-state index contributed by atoms with van der Waals surface area (Å²) in [5.41, 5.74) is 1.62. The van der Waals surface area contributed by atoms with Gasteiger partial charge in [0, 0.05) is 18.4 Å². The van der Waals surface area contributed by atoms with Crippen LogP contribution in [0.5, 0.6) is 0 Å². The summed E-state index contributed by atoms with van der Waals surface area (Å²) in [5.74, 6) is -0.714. The number of esters is 1. The zero-order chi connectivity index (χ0) is 17.0. The fraction of sp³-hybridized carbons (Fsp3) is 0.412. The van der Waals surface area contributed by atoms with Gasteiger partial charge in [-0.05, 0) is 18.1 Å². The number of ether oxygens (including phenoxy) is 1. The van der Waals surface area contributed by atoms with E-state index in [1.165, 1.54) is 7.11 Å². The number of methoxy groups -OCH3 is 1. The molecule has 2 aromatic rings. The van der Waals surface area contributed by atoms with Gasteiger partial charge in [0.15, 0.2) is 0 Å². The minimum Gasteiger partial charge on any atom is -0.468 e. The zero-order valence-electron chi connectivity index (χ0n) is 13.7. The summed E-state index contributed by atoms with van der Waals surface area (Å²) in [6, 6.07) is 7.41. The number of Topliss-reactive ketones (excluding diaryl/α,β-unsaturated/α-hetero) is 1. The van der Waals surface area contributed by atoms with Gasteiger partial charge >= 0.3 is 5.97 Å². The molecule has 0 aliphatic heterocycles. The third kappa shape index (κ3) is 4.03. The molecule has 6 heteroatoms. The Morgan fingerprint density at radius 3 is 2.61 bits per heavy atom. The number of carbonyl (C=O) groups is 2. The topological polar surface area (TPSA) is 82.3 Å². The number of benzene rings is 1. The van der Waals surface area contributed by atoms with Crippen molar-refractivity contribution in [3.8, 4) is 11.4 Å². The minimum atomic E-state index is -0.803. The minimum absolute atomic E-state index is 0.127. The van der Waals surface area contributed by atoms with Gasteiger partial charge in [-0.3, -0.25) is 9.59 Å². The SMILES string of the molecule is COC(=O)C(Cc1cccc(-c2noc(C)n2)c1)C(=O)C(C)C. The first-order chi connectivity index (χ1) is 10.9. The van der Waals surface area contributed by atoms with E-state index < -0.39 is 11.9 Å².